The highest BCUT2D eigenvalue weighted by Gasteiger charge is 2.15. The summed E-state index contributed by atoms with van der Waals surface area (Å²) >= 11 is 0. The van der Waals surface area contributed by atoms with E-state index in [4.69, 9.17) is 9.72 Å². The summed E-state index contributed by atoms with van der Waals surface area (Å²) in [6.45, 7) is 8.02. The Bertz CT molecular complexity index is 1410. The van der Waals surface area contributed by atoms with Crippen LogP contribution in [0.15, 0.2) is 48.5 Å². The fraction of sp³-hybridized carbons (Fsp3) is 0.250. The number of imidazole rings is 1. The van der Waals surface area contributed by atoms with Crippen LogP contribution < -0.4 is 10.1 Å². The van der Waals surface area contributed by atoms with Gasteiger partial charge in [-0.05, 0) is 92.4 Å². The highest BCUT2D eigenvalue weighted by atomic mass is 16.5. The average molecular weight is 471 g/mol. The molecule has 0 unspecified atom stereocenters. The maximum Gasteiger partial charge on any atom is 0.259 e. The number of carbonyl (C=O) groups is 2. The van der Waals surface area contributed by atoms with Crippen LogP contribution in [-0.2, 0) is 4.79 Å². The molecule has 3 aromatic carbocycles. The van der Waals surface area contributed by atoms with Crippen LogP contribution in [0.2, 0.25) is 0 Å². The Morgan fingerprint density at radius 1 is 0.914 bits per heavy atom. The van der Waals surface area contributed by atoms with Gasteiger partial charge in [0.15, 0.2) is 6.61 Å². The maximum atomic E-state index is 12.8. The molecule has 2 amide bonds. The molecule has 0 bridgehead atoms. The molecule has 1 heterocycles. The van der Waals surface area contributed by atoms with Crippen LogP contribution in [0.4, 0.5) is 5.69 Å². The number of ether oxygens (including phenoxy) is 1. The Labute approximate surface area is 205 Å². The van der Waals surface area contributed by atoms with Crippen LogP contribution in [0.3, 0.4) is 0 Å². The van der Waals surface area contributed by atoms with Gasteiger partial charge in [-0.25, -0.2) is 4.98 Å². The third-order valence-corrected chi connectivity index (χ3v) is 6.11. The van der Waals surface area contributed by atoms with Crippen molar-refractivity contribution in [3.63, 3.8) is 0 Å². The van der Waals surface area contributed by atoms with Gasteiger partial charge in [0.1, 0.15) is 11.6 Å². The number of H-pyrrole nitrogens is 1. The van der Waals surface area contributed by atoms with Gasteiger partial charge in [0, 0.05) is 30.9 Å². The van der Waals surface area contributed by atoms with Crippen LogP contribution in [0, 0.1) is 27.7 Å². The Hall–Kier alpha value is -4.13. The smallest absolute Gasteiger partial charge is 0.259 e. The number of hydrogen-bond donors (Lipinski definition) is 2. The number of nitrogens with zero attached hydrogens (tertiary/aromatic N) is 2. The molecule has 4 rings (SSSR count). The lowest BCUT2D eigenvalue weighted by Gasteiger charge is -2.14. The third-order valence-electron chi connectivity index (χ3n) is 6.11. The van der Waals surface area contributed by atoms with E-state index in [-0.39, 0.29) is 18.4 Å². The van der Waals surface area contributed by atoms with Crippen molar-refractivity contribution in [2.45, 2.75) is 27.7 Å². The van der Waals surface area contributed by atoms with E-state index in [0.717, 1.165) is 44.8 Å². The quantitative estimate of drug-likeness (QED) is 0.406. The topological polar surface area (TPSA) is 87.3 Å². The van der Waals surface area contributed by atoms with Crippen LogP contribution in [-0.4, -0.2) is 47.4 Å². The molecule has 0 fully saturated rings. The van der Waals surface area contributed by atoms with E-state index in [0.29, 0.717) is 11.3 Å². The first-order chi connectivity index (χ1) is 16.6. The van der Waals surface area contributed by atoms with Crippen LogP contribution in [0.25, 0.3) is 22.4 Å². The van der Waals surface area contributed by atoms with Crippen LogP contribution in [0.1, 0.15) is 32.6 Å². The number of amides is 2. The first kappa shape index (κ1) is 24.0. The molecule has 35 heavy (non-hydrogen) atoms. The summed E-state index contributed by atoms with van der Waals surface area (Å²) in [5.74, 6) is 1.09. The van der Waals surface area contributed by atoms with Crippen LogP contribution >= 0.6 is 0 Å². The van der Waals surface area contributed by atoms with E-state index in [2.05, 4.69) is 10.3 Å². The van der Waals surface area contributed by atoms with E-state index in [1.807, 2.05) is 70.2 Å². The number of fused-ring (bicyclic) bond motifs is 1. The molecule has 4 aromatic rings. The second-order valence-electron chi connectivity index (χ2n) is 9.08. The number of benzene rings is 3. The zero-order valence-electron chi connectivity index (χ0n) is 20.9. The van der Waals surface area contributed by atoms with Gasteiger partial charge in [0.05, 0.1) is 11.0 Å². The lowest BCUT2D eigenvalue weighted by atomic mass is 10.0. The lowest BCUT2D eigenvalue weighted by molar-refractivity contribution is -0.130. The molecule has 0 aliphatic rings. The molecule has 0 spiro atoms. The largest absolute Gasteiger partial charge is 0.484 e. The zero-order valence-corrected chi connectivity index (χ0v) is 20.9. The minimum absolute atomic E-state index is 0.0110. The number of aryl methyl sites for hydroxylation is 4. The molecule has 0 radical (unpaired) electrons. The first-order valence-corrected chi connectivity index (χ1v) is 11.5. The molecule has 0 aliphatic heterocycles. The summed E-state index contributed by atoms with van der Waals surface area (Å²) in [7, 11) is 3.40. The van der Waals surface area contributed by atoms with Crippen LogP contribution in [0.5, 0.6) is 5.75 Å². The number of anilines is 1. The number of rotatable bonds is 6. The molecule has 0 aliphatic carbocycles. The van der Waals surface area contributed by atoms with Gasteiger partial charge < -0.3 is 19.9 Å². The predicted octanol–water partition coefficient (Wildman–Crippen LogP) is 5.18. The highest BCUT2D eigenvalue weighted by Crippen LogP contribution is 2.31. The summed E-state index contributed by atoms with van der Waals surface area (Å²) in [4.78, 5) is 34.3. The molecule has 0 saturated heterocycles. The van der Waals surface area contributed by atoms with Gasteiger partial charge in [-0.1, -0.05) is 6.07 Å². The van der Waals surface area contributed by atoms with Crippen molar-refractivity contribution in [2.75, 3.05) is 26.0 Å². The molecule has 0 saturated carbocycles. The highest BCUT2D eigenvalue weighted by molar-refractivity contribution is 6.06. The van der Waals surface area contributed by atoms with Crippen molar-refractivity contribution in [1.82, 2.24) is 14.9 Å². The Morgan fingerprint density at radius 2 is 1.63 bits per heavy atom. The van der Waals surface area contributed by atoms with E-state index in [1.54, 1.807) is 20.2 Å². The second-order valence-corrected chi connectivity index (χ2v) is 9.08. The van der Waals surface area contributed by atoms with Gasteiger partial charge in [0.25, 0.3) is 11.8 Å². The van der Waals surface area contributed by atoms with E-state index in [9.17, 15) is 9.59 Å². The van der Waals surface area contributed by atoms with Gasteiger partial charge >= 0.3 is 0 Å². The molecule has 0 atom stereocenters. The zero-order chi connectivity index (χ0) is 25.3. The molecule has 180 valence electrons. The average Bonchev–Trinajstić information content (AvgIpc) is 3.22. The fourth-order valence-electron chi connectivity index (χ4n) is 3.95. The SMILES string of the molecule is Cc1ccc(NC(=O)c2ccc3nc(-c4c(C)cc(OCC(=O)N(C)C)cc4C)[nH]c3c2)cc1C. The van der Waals surface area contributed by atoms with Crippen molar-refractivity contribution in [3.8, 4) is 17.1 Å². The first-order valence-electron chi connectivity index (χ1n) is 11.5. The number of likely N-dealkylation sites (N-methyl/N-ethyl adjacent to an activating group) is 1. The lowest BCUT2D eigenvalue weighted by Crippen LogP contribution is -2.27. The van der Waals surface area contributed by atoms with Crippen molar-refractivity contribution in [2.24, 2.45) is 0 Å². The maximum absolute atomic E-state index is 12.8. The van der Waals surface area contributed by atoms with E-state index < -0.39 is 0 Å². The Morgan fingerprint density at radius 3 is 2.29 bits per heavy atom. The molecule has 1 aromatic heterocycles. The van der Waals surface area contributed by atoms with Crippen molar-refractivity contribution in [1.29, 1.82) is 0 Å². The Balaban J connectivity index is 1.57. The summed E-state index contributed by atoms with van der Waals surface area (Å²) < 4.78 is 5.68. The minimum Gasteiger partial charge on any atom is -0.484 e. The van der Waals surface area contributed by atoms with Gasteiger partial charge in [-0.15, -0.1) is 0 Å². The molecule has 2 N–H and O–H groups in total. The number of aromatic nitrogens is 2. The standard InChI is InChI=1S/C28H30N4O3/c1-16-7-9-21(11-17(16)2)29-28(34)20-8-10-23-24(14-20)31-27(30-23)26-18(3)12-22(13-19(26)4)35-15-25(33)32(5)6/h7-14H,15H2,1-6H3,(H,29,34)(H,30,31). The van der Waals surface area contributed by atoms with Crippen molar-refractivity contribution < 1.29 is 14.3 Å². The van der Waals surface area contributed by atoms with Crippen molar-refractivity contribution >= 4 is 28.5 Å². The fourth-order valence-corrected chi connectivity index (χ4v) is 3.95. The van der Waals surface area contributed by atoms with Gasteiger partial charge in [-0.3, -0.25) is 9.59 Å². The van der Waals surface area contributed by atoms with E-state index >= 15 is 0 Å². The van der Waals surface area contributed by atoms with E-state index in [1.165, 1.54) is 10.5 Å². The normalized spacial score (nSPS) is 10.9. The van der Waals surface area contributed by atoms with Crippen molar-refractivity contribution in [3.05, 3.63) is 76.3 Å². The van der Waals surface area contributed by atoms with Gasteiger partial charge in [-0.2, -0.15) is 0 Å². The molecular weight excluding hydrogens is 440 g/mol. The Kier molecular flexibility index (Phi) is 6.60. The number of hydrogen-bond acceptors (Lipinski definition) is 4. The van der Waals surface area contributed by atoms with Gasteiger partial charge in [0.2, 0.25) is 0 Å². The number of nitrogens with one attached hydrogen (secondary N) is 2. The summed E-state index contributed by atoms with van der Waals surface area (Å²) in [5.41, 5.74) is 8.10. The number of carbonyl (C=O) groups excluding carboxylic acids is 2. The predicted molar refractivity (Wildman–Crippen MR) is 139 cm³/mol. The summed E-state index contributed by atoms with van der Waals surface area (Å²) in [6, 6.07) is 15.1. The molecule has 7 heteroatoms. The monoisotopic (exact) mass is 470 g/mol. The molecular formula is C28H30N4O3. The summed E-state index contributed by atoms with van der Waals surface area (Å²) in [6.07, 6.45) is 0. The third kappa shape index (κ3) is 5.19. The number of aromatic amines is 1. The second kappa shape index (κ2) is 9.62. The summed E-state index contributed by atoms with van der Waals surface area (Å²) in [5, 5.41) is 2.97. The molecule has 7 nitrogen and oxygen atoms in total. The minimum atomic E-state index is -0.174.